The largest absolute Gasteiger partial charge is 0.450 e. The number of ether oxygens (including phenoxy) is 2. The maximum atomic E-state index is 11.7. The fourth-order valence-electron chi connectivity index (χ4n) is 2.90. The Bertz CT molecular complexity index is 544. The number of rotatable bonds is 4. The molecule has 0 unspecified atom stereocenters. The summed E-state index contributed by atoms with van der Waals surface area (Å²) in [5.41, 5.74) is 0. The summed E-state index contributed by atoms with van der Waals surface area (Å²) in [4.78, 5) is 20.2. The molecule has 3 heterocycles. The van der Waals surface area contributed by atoms with E-state index in [4.69, 9.17) is 9.47 Å². The molecule has 0 saturated carbocycles. The van der Waals surface area contributed by atoms with Crippen LogP contribution >= 0.6 is 0 Å². The number of nitrogens with one attached hydrogen (secondary N) is 1. The standard InChI is InChI=1S/C15H24N6O3/c1-2-24-15(22)21-5-3-12(4-6-21)17-14-18-13(11-16-19-14)20-7-9-23-10-8-20/h11-12H,2-10H2,1H3,(H,17,18,19). The second kappa shape index (κ2) is 8.09. The Hall–Kier alpha value is -2.16. The summed E-state index contributed by atoms with van der Waals surface area (Å²) in [5, 5.41) is 11.5. The molecule has 0 spiro atoms. The number of likely N-dealkylation sites (tertiary alicyclic amines) is 1. The highest BCUT2D eigenvalue weighted by Crippen LogP contribution is 2.17. The molecule has 24 heavy (non-hydrogen) atoms. The van der Waals surface area contributed by atoms with Crippen LogP contribution in [0.15, 0.2) is 6.20 Å². The van der Waals surface area contributed by atoms with E-state index in [1.807, 2.05) is 6.92 Å². The van der Waals surface area contributed by atoms with E-state index in [-0.39, 0.29) is 12.1 Å². The van der Waals surface area contributed by atoms with Crippen molar-refractivity contribution < 1.29 is 14.3 Å². The van der Waals surface area contributed by atoms with Gasteiger partial charge in [0.1, 0.15) is 0 Å². The maximum absolute atomic E-state index is 11.7. The lowest BCUT2D eigenvalue weighted by molar-refractivity contribution is 0.0983. The molecule has 1 aromatic heterocycles. The van der Waals surface area contributed by atoms with Crippen molar-refractivity contribution in [3.05, 3.63) is 6.20 Å². The lowest BCUT2D eigenvalue weighted by atomic mass is 10.1. The number of morpholine rings is 1. The molecule has 3 rings (SSSR count). The van der Waals surface area contributed by atoms with Crippen molar-refractivity contribution in [2.24, 2.45) is 0 Å². The van der Waals surface area contributed by atoms with Crippen molar-refractivity contribution in [2.45, 2.75) is 25.8 Å². The van der Waals surface area contributed by atoms with Crippen LogP contribution in [-0.2, 0) is 9.47 Å². The summed E-state index contributed by atoms with van der Waals surface area (Å²) < 4.78 is 10.4. The van der Waals surface area contributed by atoms with Gasteiger partial charge in [-0.05, 0) is 19.8 Å². The van der Waals surface area contributed by atoms with Gasteiger partial charge in [0, 0.05) is 32.2 Å². The summed E-state index contributed by atoms with van der Waals surface area (Å²) in [6, 6.07) is 0.234. The Labute approximate surface area is 141 Å². The maximum Gasteiger partial charge on any atom is 0.409 e. The van der Waals surface area contributed by atoms with Crippen LogP contribution in [0.1, 0.15) is 19.8 Å². The third kappa shape index (κ3) is 4.22. The van der Waals surface area contributed by atoms with Gasteiger partial charge in [0.15, 0.2) is 5.82 Å². The molecule has 2 aliphatic rings. The zero-order chi connectivity index (χ0) is 16.8. The van der Waals surface area contributed by atoms with Gasteiger partial charge in [-0.1, -0.05) is 0 Å². The molecule has 9 heteroatoms. The van der Waals surface area contributed by atoms with Gasteiger partial charge in [0.2, 0.25) is 5.95 Å². The van der Waals surface area contributed by atoms with Crippen LogP contribution < -0.4 is 10.2 Å². The van der Waals surface area contributed by atoms with Crippen LogP contribution in [0.4, 0.5) is 16.6 Å². The van der Waals surface area contributed by atoms with Gasteiger partial charge < -0.3 is 24.6 Å². The Morgan fingerprint density at radius 1 is 1.33 bits per heavy atom. The van der Waals surface area contributed by atoms with E-state index in [1.165, 1.54) is 0 Å². The number of amides is 1. The molecule has 2 aliphatic heterocycles. The molecule has 0 bridgehead atoms. The van der Waals surface area contributed by atoms with Crippen molar-refractivity contribution in [3.63, 3.8) is 0 Å². The molecule has 0 atom stereocenters. The van der Waals surface area contributed by atoms with Crippen LogP contribution in [0.25, 0.3) is 0 Å². The van der Waals surface area contributed by atoms with Crippen molar-refractivity contribution in [2.75, 3.05) is 56.2 Å². The van der Waals surface area contributed by atoms with E-state index in [2.05, 4.69) is 25.4 Å². The third-order valence-corrected chi connectivity index (χ3v) is 4.24. The van der Waals surface area contributed by atoms with E-state index in [0.29, 0.717) is 38.9 Å². The molecule has 132 valence electrons. The minimum atomic E-state index is -0.233. The number of piperidine rings is 1. The number of hydrogen-bond donors (Lipinski definition) is 1. The Morgan fingerprint density at radius 2 is 2.08 bits per heavy atom. The summed E-state index contributed by atoms with van der Waals surface area (Å²) in [5.74, 6) is 1.35. The van der Waals surface area contributed by atoms with E-state index in [1.54, 1.807) is 11.1 Å². The molecule has 1 amide bonds. The monoisotopic (exact) mass is 336 g/mol. The predicted octanol–water partition coefficient (Wildman–Crippen LogP) is 0.741. The molecule has 0 aromatic carbocycles. The van der Waals surface area contributed by atoms with Gasteiger partial charge in [-0.25, -0.2) is 4.79 Å². The lowest BCUT2D eigenvalue weighted by Crippen LogP contribution is -2.43. The third-order valence-electron chi connectivity index (χ3n) is 4.24. The minimum Gasteiger partial charge on any atom is -0.450 e. The van der Waals surface area contributed by atoms with Gasteiger partial charge in [-0.15, -0.1) is 5.10 Å². The molecular weight excluding hydrogens is 312 g/mol. The number of carbonyl (C=O) groups is 1. The van der Waals surface area contributed by atoms with Gasteiger partial charge in [0.05, 0.1) is 26.0 Å². The van der Waals surface area contributed by atoms with Crippen molar-refractivity contribution >= 4 is 17.9 Å². The minimum absolute atomic E-state index is 0.233. The summed E-state index contributed by atoms with van der Waals surface area (Å²) in [6.45, 7) is 6.62. The van der Waals surface area contributed by atoms with E-state index in [9.17, 15) is 4.79 Å². The first-order chi connectivity index (χ1) is 11.8. The average Bonchev–Trinajstić information content (AvgIpc) is 2.63. The zero-order valence-corrected chi connectivity index (χ0v) is 14.0. The summed E-state index contributed by atoms with van der Waals surface area (Å²) >= 11 is 0. The van der Waals surface area contributed by atoms with E-state index >= 15 is 0 Å². The Balaban J connectivity index is 1.52. The highest BCUT2D eigenvalue weighted by molar-refractivity contribution is 5.67. The molecule has 2 fully saturated rings. The molecule has 0 radical (unpaired) electrons. The summed E-state index contributed by atoms with van der Waals surface area (Å²) in [6.07, 6.45) is 3.12. The van der Waals surface area contributed by atoms with Crippen LogP contribution in [0.2, 0.25) is 0 Å². The SMILES string of the molecule is CCOC(=O)N1CCC(Nc2nncc(N3CCOCC3)n2)CC1. The number of nitrogens with zero attached hydrogens (tertiary/aromatic N) is 5. The topological polar surface area (TPSA) is 92.7 Å². The summed E-state index contributed by atoms with van der Waals surface area (Å²) in [7, 11) is 0. The predicted molar refractivity (Wildman–Crippen MR) is 88.1 cm³/mol. The van der Waals surface area contributed by atoms with Crippen LogP contribution in [-0.4, -0.2) is 78.2 Å². The molecule has 2 saturated heterocycles. The molecule has 0 aliphatic carbocycles. The molecule has 1 aromatic rings. The van der Waals surface area contributed by atoms with Crippen LogP contribution in [0.5, 0.6) is 0 Å². The first-order valence-electron chi connectivity index (χ1n) is 8.47. The lowest BCUT2D eigenvalue weighted by Gasteiger charge is -2.31. The number of aromatic nitrogens is 3. The van der Waals surface area contributed by atoms with Gasteiger partial charge >= 0.3 is 6.09 Å². The quantitative estimate of drug-likeness (QED) is 0.861. The average molecular weight is 336 g/mol. The second-order valence-electron chi connectivity index (χ2n) is 5.84. The second-order valence-corrected chi connectivity index (χ2v) is 5.84. The van der Waals surface area contributed by atoms with Crippen LogP contribution in [0, 0.1) is 0 Å². The molecular formula is C15H24N6O3. The van der Waals surface area contributed by atoms with E-state index < -0.39 is 0 Å². The van der Waals surface area contributed by atoms with Gasteiger partial charge in [-0.2, -0.15) is 10.1 Å². The van der Waals surface area contributed by atoms with Crippen LogP contribution in [0.3, 0.4) is 0 Å². The molecule has 9 nitrogen and oxygen atoms in total. The molecule has 1 N–H and O–H groups in total. The highest BCUT2D eigenvalue weighted by atomic mass is 16.6. The van der Waals surface area contributed by atoms with Crippen molar-refractivity contribution in [3.8, 4) is 0 Å². The highest BCUT2D eigenvalue weighted by Gasteiger charge is 2.24. The van der Waals surface area contributed by atoms with Crippen molar-refractivity contribution in [1.82, 2.24) is 20.1 Å². The smallest absolute Gasteiger partial charge is 0.409 e. The number of anilines is 2. The van der Waals surface area contributed by atoms with Crippen molar-refractivity contribution in [1.29, 1.82) is 0 Å². The normalized spacial score (nSPS) is 19.2. The Kier molecular flexibility index (Phi) is 5.63. The number of carbonyl (C=O) groups excluding carboxylic acids is 1. The van der Waals surface area contributed by atoms with E-state index in [0.717, 1.165) is 31.7 Å². The fraction of sp³-hybridized carbons (Fsp3) is 0.733. The Morgan fingerprint density at radius 3 is 2.79 bits per heavy atom. The first kappa shape index (κ1) is 16.7. The fourth-order valence-corrected chi connectivity index (χ4v) is 2.90. The van der Waals surface area contributed by atoms with Gasteiger partial charge in [0.25, 0.3) is 0 Å². The zero-order valence-electron chi connectivity index (χ0n) is 14.0. The van der Waals surface area contributed by atoms with Gasteiger partial charge in [-0.3, -0.25) is 0 Å². The first-order valence-corrected chi connectivity index (χ1v) is 8.47. The number of hydrogen-bond acceptors (Lipinski definition) is 8.